The first-order valence-electron chi connectivity index (χ1n) is 5.57. The van der Waals surface area contributed by atoms with Crippen molar-refractivity contribution in [3.63, 3.8) is 0 Å². The number of carbonyl (C=O) groups is 1. The summed E-state index contributed by atoms with van der Waals surface area (Å²) in [5.74, 6) is 0.459. The Morgan fingerprint density at radius 1 is 1.39 bits per heavy atom. The second-order valence-electron chi connectivity index (χ2n) is 3.96. The Morgan fingerprint density at radius 2 is 2.11 bits per heavy atom. The van der Waals surface area contributed by atoms with Gasteiger partial charge in [-0.25, -0.2) is 4.79 Å². The number of carbonyl (C=O) groups excluding carboxylic acids is 1. The van der Waals surface area contributed by atoms with E-state index in [2.05, 4.69) is 10.4 Å². The van der Waals surface area contributed by atoms with E-state index in [1.165, 1.54) is 7.11 Å². The summed E-state index contributed by atoms with van der Waals surface area (Å²) in [6, 6.07) is 9.12. The smallest absolute Gasteiger partial charge is 0.339 e. The number of para-hydroxylation sites is 1. The van der Waals surface area contributed by atoms with Crippen LogP contribution in [0.2, 0.25) is 0 Å². The van der Waals surface area contributed by atoms with E-state index in [1.54, 1.807) is 16.8 Å². The molecular formula is C13H15N3O2. The highest BCUT2D eigenvalue weighted by atomic mass is 16.5. The van der Waals surface area contributed by atoms with E-state index in [-0.39, 0.29) is 5.97 Å². The Kier molecular flexibility index (Phi) is 3.32. The molecule has 0 spiro atoms. The van der Waals surface area contributed by atoms with Gasteiger partial charge in [-0.15, -0.1) is 0 Å². The van der Waals surface area contributed by atoms with Crippen molar-refractivity contribution in [3.05, 3.63) is 41.6 Å². The largest absolute Gasteiger partial charge is 0.465 e. The van der Waals surface area contributed by atoms with Crippen LogP contribution in [0.3, 0.4) is 0 Å². The molecule has 5 heteroatoms. The molecule has 0 fully saturated rings. The number of methoxy groups -OCH3 is 1. The predicted octanol–water partition coefficient (Wildman–Crippen LogP) is 2.26. The summed E-state index contributed by atoms with van der Waals surface area (Å²) >= 11 is 0. The van der Waals surface area contributed by atoms with Crippen molar-refractivity contribution in [2.75, 3.05) is 12.4 Å². The van der Waals surface area contributed by atoms with E-state index >= 15 is 0 Å². The highest BCUT2D eigenvalue weighted by molar-refractivity contribution is 5.96. The average Bonchev–Trinajstić information content (AvgIpc) is 2.67. The monoisotopic (exact) mass is 245 g/mol. The molecular weight excluding hydrogens is 230 g/mol. The lowest BCUT2D eigenvalue weighted by Crippen LogP contribution is -2.07. The molecule has 2 rings (SSSR count). The van der Waals surface area contributed by atoms with Crippen LogP contribution in [0.15, 0.2) is 30.3 Å². The van der Waals surface area contributed by atoms with Crippen LogP contribution in [0.4, 0.5) is 11.5 Å². The summed E-state index contributed by atoms with van der Waals surface area (Å²) in [5, 5.41) is 7.42. The van der Waals surface area contributed by atoms with Crippen molar-refractivity contribution < 1.29 is 9.53 Å². The van der Waals surface area contributed by atoms with Gasteiger partial charge in [-0.1, -0.05) is 12.1 Å². The third-order valence-electron chi connectivity index (χ3n) is 2.60. The first-order valence-corrected chi connectivity index (χ1v) is 5.57. The molecule has 0 radical (unpaired) electrons. The van der Waals surface area contributed by atoms with Gasteiger partial charge in [-0.2, -0.15) is 5.10 Å². The van der Waals surface area contributed by atoms with Crippen LogP contribution in [0.1, 0.15) is 16.1 Å². The van der Waals surface area contributed by atoms with Gasteiger partial charge in [0, 0.05) is 13.1 Å². The fourth-order valence-electron chi connectivity index (χ4n) is 1.75. The minimum absolute atomic E-state index is 0.364. The molecule has 1 aromatic heterocycles. The Morgan fingerprint density at radius 3 is 2.72 bits per heavy atom. The molecule has 0 aliphatic heterocycles. The van der Waals surface area contributed by atoms with Gasteiger partial charge < -0.3 is 10.1 Å². The van der Waals surface area contributed by atoms with Crippen LogP contribution >= 0.6 is 0 Å². The lowest BCUT2D eigenvalue weighted by Gasteiger charge is -2.10. The number of ether oxygens (including phenoxy) is 1. The summed E-state index contributed by atoms with van der Waals surface area (Å²) in [6.07, 6.45) is 0. The molecule has 1 N–H and O–H groups in total. The third-order valence-corrected chi connectivity index (χ3v) is 2.60. The van der Waals surface area contributed by atoms with Gasteiger partial charge in [0.15, 0.2) is 0 Å². The van der Waals surface area contributed by atoms with Gasteiger partial charge in [0.05, 0.1) is 24.1 Å². The molecule has 0 aliphatic rings. The molecule has 0 unspecified atom stereocenters. The van der Waals surface area contributed by atoms with Crippen LogP contribution in [0.5, 0.6) is 0 Å². The fraction of sp³-hybridized carbons (Fsp3) is 0.231. The van der Waals surface area contributed by atoms with Gasteiger partial charge in [0.2, 0.25) is 0 Å². The summed E-state index contributed by atoms with van der Waals surface area (Å²) in [7, 11) is 3.21. The first-order chi connectivity index (χ1) is 8.61. The number of anilines is 2. The van der Waals surface area contributed by atoms with Gasteiger partial charge in [0.1, 0.15) is 5.82 Å². The molecule has 0 aliphatic carbocycles. The molecule has 0 bridgehead atoms. The fourth-order valence-corrected chi connectivity index (χ4v) is 1.75. The minimum Gasteiger partial charge on any atom is -0.465 e. The molecule has 2 aromatic rings. The number of rotatable bonds is 3. The van der Waals surface area contributed by atoms with Crippen LogP contribution in [0.25, 0.3) is 0 Å². The lowest BCUT2D eigenvalue weighted by atomic mass is 10.2. The number of hydrogen-bond acceptors (Lipinski definition) is 4. The molecule has 18 heavy (non-hydrogen) atoms. The van der Waals surface area contributed by atoms with Crippen LogP contribution in [0, 0.1) is 6.92 Å². The van der Waals surface area contributed by atoms with E-state index in [0.29, 0.717) is 11.3 Å². The zero-order valence-corrected chi connectivity index (χ0v) is 10.6. The Hall–Kier alpha value is -2.30. The maximum Gasteiger partial charge on any atom is 0.339 e. The first kappa shape index (κ1) is 12.2. The summed E-state index contributed by atoms with van der Waals surface area (Å²) in [6.45, 7) is 1.91. The number of nitrogens with one attached hydrogen (secondary N) is 1. The third kappa shape index (κ3) is 2.34. The second-order valence-corrected chi connectivity index (χ2v) is 3.96. The normalized spacial score (nSPS) is 10.2. The number of nitrogens with zero attached hydrogens (tertiary/aromatic N) is 2. The van der Waals surface area contributed by atoms with Crippen LogP contribution in [-0.4, -0.2) is 22.9 Å². The molecule has 0 saturated heterocycles. The summed E-state index contributed by atoms with van der Waals surface area (Å²) < 4.78 is 6.47. The molecule has 1 heterocycles. The van der Waals surface area contributed by atoms with Crippen molar-refractivity contribution in [2.45, 2.75) is 6.92 Å². The van der Waals surface area contributed by atoms with Crippen molar-refractivity contribution in [1.29, 1.82) is 0 Å². The number of esters is 1. The van der Waals surface area contributed by atoms with Crippen molar-refractivity contribution >= 4 is 17.5 Å². The number of aryl methyl sites for hydroxylation is 2. The zero-order valence-electron chi connectivity index (χ0n) is 10.6. The number of aromatic nitrogens is 2. The van der Waals surface area contributed by atoms with Crippen LogP contribution < -0.4 is 5.32 Å². The highest BCUT2D eigenvalue weighted by Crippen LogP contribution is 2.21. The molecule has 5 nitrogen and oxygen atoms in total. The summed E-state index contributed by atoms with van der Waals surface area (Å²) in [5.41, 5.74) is 2.11. The van der Waals surface area contributed by atoms with Crippen molar-refractivity contribution in [2.24, 2.45) is 7.05 Å². The van der Waals surface area contributed by atoms with Gasteiger partial charge >= 0.3 is 5.97 Å². The van der Waals surface area contributed by atoms with E-state index in [1.807, 2.05) is 32.2 Å². The van der Waals surface area contributed by atoms with E-state index in [4.69, 9.17) is 4.74 Å². The van der Waals surface area contributed by atoms with E-state index in [9.17, 15) is 4.79 Å². The SMILES string of the molecule is COC(=O)c1ccccc1Nc1cc(C)nn1C. The molecule has 0 saturated carbocycles. The molecule has 0 amide bonds. The maximum absolute atomic E-state index is 11.6. The van der Waals surface area contributed by atoms with Gasteiger partial charge in [-0.3, -0.25) is 4.68 Å². The molecule has 1 aromatic carbocycles. The van der Waals surface area contributed by atoms with Crippen LogP contribution in [-0.2, 0) is 11.8 Å². The quantitative estimate of drug-likeness (QED) is 0.843. The lowest BCUT2D eigenvalue weighted by molar-refractivity contribution is 0.0602. The van der Waals surface area contributed by atoms with Gasteiger partial charge in [0.25, 0.3) is 0 Å². The minimum atomic E-state index is -0.364. The highest BCUT2D eigenvalue weighted by Gasteiger charge is 2.12. The second kappa shape index (κ2) is 4.91. The van der Waals surface area contributed by atoms with Gasteiger partial charge in [-0.05, 0) is 19.1 Å². The Balaban J connectivity index is 2.34. The number of benzene rings is 1. The Labute approximate surface area is 105 Å². The topological polar surface area (TPSA) is 56.1 Å². The predicted molar refractivity (Wildman–Crippen MR) is 69.0 cm³/mol. The molecule has 0 atom stereocenters. The maximum atomic E-state index is 11.6. The average molecular weight is 245 g/mol. The van der Waals surface area contributed by atoms with E-state index < -0.39 is 0 Å². The van der Waals surface area contributed by atoms with E-state index in [0.717, 1.165) is 11.5 Å². The molecule has 94 valence electrons. The summed E-state index contributed by atoms with van der Waals surface area (Å²) in [4.78, 5) is 11.6. The Bertz CT molecular complexity index is 575. The van der Waals surface area contributed by atoms with Crippen molar-refractivity contribution in [1.82, 2.24) is 9.78 Å². The standard InChI is InChI=1S/C13H15N3O2/c1-9-8-12(16(2)15-9)14-11-7-5-4-6-10(11)13(17)18-3/h4-8,14H,1-3H3. The zero-order chi connectivity index (χ0) is 13.1. The van der Waals surface area contributed by atoms with Crippen molar-refractivity contribution in [3.8, 4) is 0 Å². The number of hydrogen-bond donors (Lipinski definition) is 1.